The number of amides is 1. The van der Waals surface area contributed by atoms with Crippen molar-refractivity contribution < 1.29 is 4.79 Å². The first-order valence-corrected chi connectivity index (χ1v) is 8.17. The van der Waals surface area contributed by atoms with Crippen molar-refractivity contribution in [2.75, 3.05) is 25.1 Å². The molecule has 2 atom stereocenters. The molecule has 0 aliphatic carbocycles. The Morgan fingerprint density at radius 1 is 1.53 bits per heavy atom. The van der Waals surface area contributed by atoms with Gasteiger partial charge < -0.3 is 10.6 Å². The highest BCUT2D eigenvalue weighted by Gasteiger charge is 2.25. The third-order valence-electron chi connectivity index (χ3n) is 3.49. The fourth-order valence-corrected chi connectivity index (χ4v) is 3.16. The lowest BCUT2D eigenvalue weighted by Gasteiger charge is -2.26. The molecular formula is C15H22N2OS. The number of carbonyl (C=O) groups is 1. The predicted octanol–water partition coefficient (Wildman–Crippen LogP) is 1.99. The van der Waals surface area contributed by atoms with Gasteiger partial charge in [0.15, 0.2) is 0 Å². The molecule has 0 radical (unpaired) electrons. The first-order chi connectivity index (χ1) is 9.22. The first kappa shape index (κ1) is 14.4. The Morgan fingerprint density at radius 3 is 3.11 bits per heavy atom. The molecule has 1 aromatic carbocycles. The van der Waals surface area contributed by atoms with Crippen LogP contribution in [0.4, 0.5) is 0 Å². The minimum absolute atomic E-state index is 0.0496. The Balaban J connectivity index is 1.97. The minimum Gasteiger partial charge on any atom is -0.355 e. The van der Waals surface area contributed by atoms with Gasteiger partial charge in [-0.25, -0.2) is 0 Å². The van der Waals surface area contributed by atoms with Gasteiger partial charge in [-0.05, 0) is 29.1 Å². The van der Waals surface area contributed by atoms with Gasteiger partial charge in [0.25, 0.3) is 0 Å². The van der Waals surface area contributed by atoms with Crippen LogP contribution in [0.15, 0.2) is 24.3 Å². The average Bonchev–Trinajstić information content (AvgIpc) is 2.44. The van der Waals surface area contributed by atoms with Gasteiger partial charge in [-0.3, -0.25) is 4.79 Å². The second kappa shape index (κ2) is 6.96. The van der Waals surface area contributed by atoms with Crippen LogP contribution < -0.4 is 10.6 Å². The summed E-state index contributed by atoms with van der Waals surface area (Å²) in [6.07, 6.45) is 2.10. The Kier molecular flexibility index (Phi) is 5.28. The van der Waals surface area contributed by atoms with Crippen molar-refractivity contribution >= 4 is 17.7 Å². The maximum absolute atomic E-state index is 12.3. The highest BCUT2D eigenvalue weighted by atomic mass is 32.2. The van der Waals surface area contributed by atoms with E-state index in [9.17, 15) is 4.79 Å². The van der Waals surface area contributed by atoms with Crippen LogP contribution in [-0.2, 0) is 11.3 Å². The van der Waals surface area contributed by atoms with E-state index in [1.807, 2.05) is 23.9 Å². The summed E-state index contributed by atoms with van der Waals surface area (Å²) in [5.41, 5.74) is 2.42. The normalized spacial score (nSPS) is 19.6. The lowest BCUT2D eigenvalue weighted by Crippen LogP contribution is -2.40. The molecule has 2 rings (SSSR count). The van der Waals surface area contributed by atoms with Gasteiger partial charge in [0.2, 0.25) is 5.91 Å². The molecule has 1 heterocycles. The summed E-state index contributed by atoms with van der Waals surface area (Å²) in [5, 5.41) is 6.41. The van der Waals surface area contributed by atoms with E-state index in [2.05, 4.69) is 35.9 Å². The molecule has 1 aliphatic rings. The van der Waals surface area contributed by atoms with Gasteiger partial charge in [0.1, 0.15) is 0 Å². The monoisotopic (exact) mass is 278 g/mol. The molecule has 0 fully saturated rings. The highest BCUT2D eigenvalue weighted by molar-refractivity contribution is 7.98. The molecule has 1 amide bonds. The summed E-state index contributed by atoms with van der Waals surface area (Å²) >= 11 is 1.82. The Hall–Kier alpha value is -1.00. The number of thioether (sulfide) groups is 1. The van der Waals surface area contributed by atoms with E-state index in [0.717, 1.165) is 25.4 Å². The molecule has 1 aliphatic heterocycles. The van der Waals surface area contributed by atoms with E-state index >= 15 is 0 Å². The molecular weight excluding hydrogens is 256 g/mol. The molecule has 1 aromatic rings. The maximum Gasteiger partial charge on any atom is 0.228 e. The zero-order chi connectivity index (χ0) is 13.7. The zero-order valence-corrected chi connectivity index (χ0v) is 12.4. The van der Waals surface area contributed by atoms with Crippen LogP contribution in [0.1, 0.15) is 24.0 Å². The molecule has 2 unspecified atom stereocenters. The first-order valence-electron chi connectivity index (χ1n) is 6.77. The molecule has 4 heteroatoms. The number of rotatable bonds is 5. The summed E-state index contributed by atoms with van der Waals surface area (Å²) in [7, 11) is 0. The van der Waals surface area contributed by atoms with Crippen molar-refractivity contribution in [3.05, 3.63) is 35.4 Å². The largest absolute Gasteiger partial charge is 0.355 e. The van der Waals surface area contributed by atoms with Gasteiger partial charge in [-0.2, -0.15) is 11.8 Å². The van der Waals surface area contributed by atoms with E-state index in [0.29, 0.717) is 5.92 Å². The Bertz CT molecular complexity index is 436. The maximum atomic E-state index is 12.3. The molecule has 0 spiro atoms. The molecule has 2 N–H and O–H groups in total. The zero-order valence-electron chi connectivity index (χ0n) is 11.6. The number of fused-ring (bicyclic) bond motifs is 1. The van der Waals surface area contributed by atoms with Crippen LogP contribution in [0.2, 0.25) is 0 Å². The van der Waals surface area contributed by atoms with Crippen LogP contribution in [0.25, 0.3) is 0 Å². The summed E-state index contributed by atoms with van der Waals surface area (Å²) in [5.74, 6) is 1.70. The van der Waals surface area contributed by atoms with Crippen molar-refractivity contribution in [3.8, 4) is 0 Å². The second-order valence-electron chi connectivity index (χ2n) is 5.19. The van der Waals surface area contributed by atoms with E-state index in [-0.39, 0.29) is 11.8 Å². The third kappa shape index (κ3) is 3.74. The number of hydrogen-bond donors (Lipinski definition) is 2. The Labute approximate surface area is 119 Å². The van der Waals surface area contributed by atoms with Gasteiger partial charge >= 0.3 is 0 Å². The van der Waals surface area contributed by atoms with Crippen LogP contribution in [0.3, 0.4) is 0 Å². The summed E-state index contributed by atoms with van der Waals surface area (Å²) in [6, 6.07) is 8.21. The molecule has 0 aromatic heterocycles. The van der Waals surface area contributed by atoms with Gasteiger partial charge in [-0.15, -0.1) is 0 Å². The van der Waals surface area contributed by atoms with E-state index in [1.54, 1.807) is 0 Å². The fourth-order valence-electron chi connectivity index (χ4n) is 2.47. The van der Waals surface area contributed by atoms with E-state index < -0.39 is 0 Å². The fraction of sp³-hybridized carbons (Fsp3) is 0.533. The molecule has 0 bridgehead atoms. The number of hydrogen-bond acceptors (Lipinski definition) is 3. The second-order valence-corrected chi connectivity index (χ2v) is 6.10. The molecule has 0 saturated heterocycles. The number of carbonyl (C=O) groups excluding carboxylic acids is 1. The predicted molar refractivity (Wildman–Crippen MR) is 81.4 cm³/mol. The van der Waals surface area contributed by atoms with Crippen LogP contribution in [0.5, 0.6) is 0 Å². The highest BCUT2D eigenvalue weighted by Crippen LogP contribution is 2.23. The van der Waals surface area contributed by atoms with Crippen molar-refractivity contribution in [3.63, 3.8) is 0 Å². The summed E-state index contributed by atoms with van der Waals surface area (Å²) in [4.78, 5) is 12.3. The molecule has 3 nitrogen and oxygen atoms in total. The van der Waals surface area contributed by atoms with Crippen molar-refractivity contribution in [1.82, 2.24) is 10.6 Å². The summed E-state index contributed by atoms with van der Waals surface area (Å²) < 4.78 is 0. The van der Waals surface area contributed by atoms with Crippen molar-refractivity contribution in [2.24, 2.45) is 5.92 Å². The van der Waals surface area contributed by atoms with Crippen LogP contribution in [0, 0.1) is 5.92 Å². The van der Waals surface area contributed by atoms with Crippen LogP contribution in [-0.4, -0.2) is 31.0 Å². The van der Waals surface area contributed by atoms with Crippen molar-refractivity contribution in [2.45, 2.75) is 19.4 Å². The summed E-state index contributed by atoms with van der Waals surface area (Å²) in [6.45, 7) is 4.53. The van der Waals surface area contributed by atoms with E-state index in [1.165, 1.54) is 11.1 Å². The average molecular weight is 278 g/mol. The number of benzene rings is 1. The standard InChI is InChI=1S/C15H22N2OS/c1-11(10-19-2)7-17-15(18)14-9-16-8-12-5-3-4-6-13(12)14/h3-6,11,14,16H,7-10H2,1-2H3,(H,17,18). The van der Waals surface area contributed by atoms with E-state index in [4.69, 9.17) is 0 Å². The third-order valence-corrected chi connectivity index (χ3v) is 4.39. The smallest absolute Gasteiger partial charge is 0.228 e. The molecule has 104 valence electrons. The van der Waals surface area contributed by atoms with Crippen LogP contribution >= 0.6 is 11.8 Å². The van der Waals surface area contributed by atoms with Gasteiger partial charge in [-0.1, -0.05) is 31.2 Å². The van der Waals surface area contributed by atoms with Gasteiger partial charge in [0, 0.05) is 19.6 Å². The lowest BCUT2D eigenvalue weighted by molar-refractivity contribution is -0.122. The molecule has 19 heavy (non-hydrogen) atoms. The minimum atomic E-state index is -0.0496. The Morgan fingerprint density at radius 2 is 2.32 bits per heavy atom. The SMILES string of the molecule is CSCC(C)CNC(=O)C1CNCc2ccccc21. The van der Waals surface area contributed by atoms with Crippen molar-refractivity contribution in [1.29, 1.82) is 0 Å². The molecule has 0 saturated carbocycles. The quantitative estimate of drug-likeness (QED) is 0.865. The lowest BCUT2D eigenvalue weighted by atomic mass is 9.90. The van der Waals surface area contributed by atoms with Gasteiger partial charge in [0.05, 0.1) is 5.92 Å². The number of nitrogens with one attached hydrogen (secondary N) is 2. The topological polar surface area (TPSA) is 41.1 Å².